The topological polar surface area (TPSA) is 161 Å². The molecule has 0 amide bonds. The molecule has 0 fully saturated rings. The first-order valence-corrected chi connectivity index (χ1v) is 13.3. The smallest absolute Gasteiger partial charge is 0.480 e. The molecule has 0 saturated carbocycles. The van der Waals surface area contributed by atoms with Gasteiger partial charge in [-0.15, -0.1) is 0 Å². The predicted molar refractivity (Wildman–Crippen MR) is 143 cm³/mol. The summed E-state index contributed by atoms with van der Waals surface area (Å²) < 4.78 is 26.1. The summed E-state index contributed by atoms with van der Waals surface area (Å²) in [5.74, 6) is -3.20. The fourth-order valence-electron chi connectivity index (χ4n) is 3.57. The van der Waals surface area contributed by atoms with Crippen molar-refractivity contribution in [2.24, 2.45) is 23.5 Å². The third-order valence-electron chi connectivity index (χ3n) is 5.59. The second kappa shape index (κ2) is 17.3. The summed E-state index contributed by atoms with van der Waals surface area (Å²) in [7, 11) is 0. The van der Waals surface area contributed by atoms with Crippen LogP contribution in [0, 0.1) is 17.8 Å². The van der Waals surface area contributed by atoms with Crippen molar-refractivity contribution >= 4 is 24.2 Å². The van der Waals surface area contributed by atoms with Gasteiger partial charge in [0, 0.05) is 12.3 Å². The molecular weight excluding hydrogens is 510 g/mol. The van der Waals surface area contributed by atoms with Crippen molar-refractivity contribution in [3.05, 3.63) is 23.8 Å². The number of carbonyl (C=O) groups is 4. The first-order valence-electron chi connectivity index (χ1n) is 13.3. The fourth-order valence-corrected chi connectivity index (χ4v) is 3.57. The monoisotopic (exact) mass is 553 g/mol. The van der Waals surface area contributed by atoms with E-state index in [1.54, 1.807) is 6.92 Å². The van der Waals surface area contributed by atoms with E-state index in [1.807, 2.05) is 34.6 Å². The van der Waals surface area contributed by atoms with Crippen LogP contribution in [0.3, 0.4) is 0 Å². The molecule has 0 aliphatic heterocycles. The molecule has 0 radical (unpaired) electrons. The molecule has 3 atom stereocenters. The van der Waals surface area contributed by atoms with Crippen molar-refractivity contribution in [1.82, 2.24) is 0 Å². The van der Waals surface area contributed by atoms with Gasteiger partial charge in [0.05, 0.1) is 19.8 Å². The summed E-state index contributed by atoms with van der Waals surface area (Å²) in [5, 5.41) is 9.67. The number of nitrogens with two attached hydrogens (primary N) is 1. The van der Waals surface area contributed by atoms with Gasteiger partial charge >= 0.3 is 24.2 Å². The number of carbonyl (C=O) groups excluding carboxylic acids is 3. The maximum atomic E-state index is 12.3. The average Bonchev–Trinajstić information content (AvgIpc) is 2.86. The SMILES string of the molecule is CCCCCC(=O)OCC(C)C(c1ccc(OC(=O)OCC(C)C)c(OC(=O)OCC(C)C)c1)[C@H](N)C(=O)O. The molecule has 39 heavy (non-hydrogen) atoms. The zero-order valence-electron chi connectivity index (χ0n) is 23.8. The van der Waals surface area contributed by atoms with E-state index in [2.05, 4.69) is 0 Å². The van der Waals surface area contributed by atoms with Crippen LogP contribution in [0.15, 0.2) is 18.2 Å². The van der Waals surface area contributed by atoms with Crippen LogP contribution in [0.1, 0.15) is 78.7 Å². The van der Waals surface area contributed by atoms with Crippen LogP contribution >= 0.6 is 0 Å². The third kappa shape index (κ3) is 12.8. The van der Waals surface area contributed by atoms with Gasteiger partial charge in [-0.3, -0.25) is 9.59 Å². The Morgan fingerprint density at radius 2 is 1.38 bits per heavy atom. The molecule has 1 aromatic rings. The number of esters is 1. The Morgan fingerprint density at radius 3 is 1.90 bits per heavy atom. The molecule has 0 aliphatic carbocycles. The van der Waals surface area contributed by atoms with Crippen LogP contribution in [0.5, 0.6) is 11.5 Å². The lowest BCUT2D eigenvalue weighted by Gasteiger charge is -2.28. The molecule has 0 aliphatic rings. The van der Waals surface area contributed by atoms with Gasteiger partial charge < -0.3 is 34.5 Å². The lowest BCUT2D eigenvalue weighted by atomic mass is 9.82. The summed E-state index contributed by atoms with van der Waals surface area (Å²) in [5.41, 5.74) is 6.41. The molecule has 220 valence electrons. The molecule has 2 unspecified atom stereocenters. The van der Waals surface area contributed by atoms with Crippen LogP contribution in [0.4, 0.5) is 9.59 Å². The molecule has 0 spiro atoms. The summed E-state index contributed by atoms with van der Waals surface area (Å²) in [6.07, 6.45) is 0.804. The van der Waals surface area contributed by atoms with Gasteiger partial charge in [-0.2, -0.15) is 0 Å². The molecule has 11 nitrogen and oxygen atoms in total. The average molecular weight is 554 g/mol. The number of unbranched alkanes of at least 4 members (excludes halogenated alkanes) is 2. The number of rotatable bonds is 16. The number of ether oxygens (including phenoxy) is 5. The number of hydrogen-bond donors (Lipinski definition) is 2. The summed E-state index contributed by atoms with van der Waals surface area (Å²) in [6, 6.07) is 2.84. The summed E-state index contributed by atoms with van der Waals surface area (Å²) in [4.78, 5) is 48.5. The van der Waals surface area contributed by atoms with Gasteiger partial charge in [0.25, 0.3) is 0 Å². The molecule has 0 heterocycles. The minimum Gasteiger partial charge on any atom is -0.480 e. The zero-order valence-corrected chi connectivity index (χ0v) is 23.8. The Kier molecular flexibility index (Phi) is 14.9. The second-order valence-corrected chi connectivity index (χ2v) is 10.3. The van der Waals surface area contributed by atoms with Gasteiger partial charge in [0.15, 0.2) is 11.5 Å². The standard InChI is InChI=1S/C28H43NO10/c1-7-8-9-10-23(30)35-16-19(6)24(25(29)26(31)32)20-11-12-21(38-27(33)36-14-17(2)3)22(13-20)39-28(34)37-15-18(4)5/h11-13,17-19,24-25H,7-10,14-16,29H2,1-6H3,(H,31,32)/t19?,24?,25-/m0/s1. The number of benzene rings is 1. The van der Waals surface area contributed by atoms with Crippen molar-refractivity contribution in [2.45, 2.75) is 79.2 Å². The van der Waals surface area contributed by atoms with Crippen LogP contribution in [0.2, 0.25) is 0 Å². The highest BCUT2D eigenvalue weighted by molar-refractivity contribution is 5.75. The Hall–Kier alpha value is -3.34. The molecule has 0 aromatic heterocycles. The number of hydrogen-bond acceptors (Lipinski definition) is 10. The lowest BCUT2D eigenvalue weighted by Crippen LogP contribution is -2.40. The maximum absolute atomic E-state index is 12.3. The summed E-state index contributed by atoms with van der Waals surface area (Å²) >= 11 is 0. The first-order chi connectivity index (χ1) is 18.3. The van der Waals surface area contributed by atoms with Crippen molar-refractivity contribution in [1.29, 1.82) is 0 Å². The van der Waals surface area contributed by atoms with Gasteiger partial charge in [0.1, 0.15) is 6.04 Å². The maximum Gasteiger partial charge on any atom is 0.513 e. The first kappa shape index (κ1) is 33.7. The van der Waals surface area contributed by atoms with Crippen molar-refractivity contribution < 1.29 is 48.0 Å². The Morgan fingerprint density at radius 1 is 0.821 bits per heavy atom. The van der Waals surface area contributed by atoms with Crippen LogP contribution in [0.25, 0.3) is 0 Å². The molecule has 0 saturated heterocycles. The number of carboxylic acid groups (broad SMARTS) is 1. The van der Waals surface area contributed by atoms with Gasteiger partial charge in [-0.25, -0.2) is 9.59 Å². The van der Waals surface area contributed by atoms with E-state index in [4.69, 9.17) is 29.4 Å². The summed E-state index contributed by atoms with van der Waals surface area (Å²) in [6.45, 7) is 11.3. The minimum absolute atomic E-state index is 0.0501. The van der Waals surface area contributed by atoms with Gasteiger partial charge in [-0.1, -0.05) is 60.5 Å². The van der Waals surface area contributed by atoms with E-state index in [-0.39, 0.29) is 55.5 Å². The van der Waals surface area contributed by atoms with Crippen LogP contribution < -0.4 is 15.2 Å². The van der Waals surface area contributed by atoms with Crippen molar-refractivity contribution in [3.8, 4) is 11.5 Å². The second-order valence-electron chi connectivity index (χ2n) is 10.3. The fraction of sp³-hybridized carbons (Fsp3) is 0.643. The Bertz CT molecular complexity index is 946. The minimum atomic E-state index is -1.37. The molecule has 0 bridgehead atoms. The van der Waals surface area contributed by atoms with Gasteiger partial charge in [0.2, 0.25) is 0 Å². The van der Waals surface area contributed by atoms with Crippen LogP contribution in [-0.4, -0.2) is 55.2 Å². The highest BCUT2D eigenvalue weighted by Gasteiger charge is 2.33. The number of carboxylic acids is 1. The molecule has 1 aromatic carbocycles. The van der Waals surface area contributed by atoms with E-state index >= 15 is 0 Å². The number of aliphatic carboxylic acids is 1. The quantitative estimate of drug-likeness (QED) is 0.118. The highest BCUT2D eigenvalue weighted by atomic mass is 16.7. The normalized spacial score (nSPS) is 13.4. The largest absolute Gasteiger partial charge is 0.513 e. The van der Waals surface area contributed by atoms with E-state index < -0.39 is 36.2 Å². The lowest BCUT2D eigenvalue weighted by molar-refractivity contribution is -0.145. The van der Waals surface area contributed by atoms with Gasteiger partial charge in [-0.05, 0) is 41.9 Å². The van der Waals surface area contributed by atoms with E-state index in [1.165, 1.54) is 18.2 Å². The van der Waals surface area contributed by atoms with E-state index in [0.717, 1.165) is 12.8 Å². The van der Waals surface area contributed by atoms with E-state index in [0.29, 0.717) is 12.0 Å². The highest BCUT2D eigenvalue weighted by Crippen LogP contribution is 2.36. The molecule has 3 N–H and O–H groups in total. The third-order valence-corrected chi connectivity index (χ3v) is 5.59. The Labute approximate surface area is 230 Å². The predicted octanol–water partition coefficient (Wildman–Crippen LogP) is 5.28. The Balaban J connectivity index is 3.26. The van der Waals surface area contributed by atoms with Crippen molar-refractivity contribution in [2.75, 3.05) is 19.8 Å². The molecular formula is C28H43NO10. The van der Waals surface area contributed by atoms with Crippen molar-refractivity contribution in [3.63, 3.8) is 0 Å². The van der Waals surface area contributed by atoms with E-state index in [9.17, 15) is 24.3 Å². The zero-order chi connectivity index (χ0) is 29.5. The van der Waals surface area contributed by atoms with Crippen LogP contribution in [-0.2, 0) is 23.8 Å². The molecule has 11 heteroatoms. The molecule has 1 rings (SSSR count).